The zero-order chi connectivity index (χ0) is 10.1. The standard InChI is InChI=1S/C11H14ClNO/c1-2-7-9(12)4-3-8-10(13)5-6-14-11(7)8/h3-4,10H,2,5-6,13H2,1H3/t10-/m0/s1. The number of rotatable bonds is 1. The Balaban J connectivity index is 2.55. The van der Waals surface area contributed by atoms with Gasteiger partial charge in [-0.2, -0.15) is 0 Å². The molecule has 1 aliphatic heterocycles. The molecule has 0 aromatic heterocycles. The van der Waals surface area contributed by atoms with Gasteiger partial charge in [0.2, 0.25) is 0 Å². The molecular weight excluding hydrogens is 198 g/mol. The van der Waals surface area contributed by atoms with Crippen molar-refractivity contribution in [2.24, 2.45) is 5.73 Å². The topological polar surface area (TPSA) is 35.2 Å². The molecule has 1 heterocycles. The summed E-state index contributed by atoms with van der Waals surface area (Å²) in [7, 11) is 0. The van der Waals surface area contributed by atoms with Gasteiger partial charge in [-0.05, 0) is 12.5 Å². The molecule has 0 amide bonds. The number of hydrogen-bond donors (Lipinski definition) is 1. The molecule has 0 saturated carbocycles. The van der Waals surface area contributed by atoms with Crippen LogP contribution in [0.15, 0.2) is 12.1 Å². The van der Waals surface area contributed by atoms with E-state index in [4.69, 9.17) is 22.1 Å². The summed E-state index contributed by atoms with van der Waals surface area (Å²) in [6, 6.07) is 3.98. The van der Waals surface area contributed by atoms with Gasteiger partial charge in [-0.3, -0.25) is 0 Å². The first kappa shape index (κ1) is 9.81. The highest BCUT2D eigenvalue weighted by Gasteiger charge is 2.21. The number of hydrogen-bond acceptors (Lipinski definition) is 2. The van der Waals surface area contributed by atoms with Crippen LogP contribution < -0.4 is 10.5 Å². The van der Waals surface area contributed by atoms with Gasteiger partial charge in [0.25, 0.3) is 0 Å². The van der Waals surface area contributed by atoms with E-state index in [1.165, 1.54) is 0 Å². The highest BCUT2D eigenvalue weighted by atomic mass is 35.5. The Hall–Kier alpha value is -0.730. The molecule has 2 N–H and O–H groups in total. The molecule has 0 radical (unpaired) electrons. The van der Waals surface area contributed by atoms with E-state index in [1.54, 1.807) is 0 Å². The fraction of sp³-hybridized carbons (Fsp3) is 0.455. The van der Waals surface area contributed by atoms with Crippen LogP contribution >= 0.6 is 11.6 Å². The lowest BCUT2D eigenvalue weighted by Crippen LogP contribution is -2.21. The highest BCUT2D eigenvalue weighted by molar-refractivity contribution is 6.31. The SMILES string of the molecule is CCc1c(Cl)ccc2c1OCC[C@@H]2N. The van der Waals surface area contributed by atoms with E-state index in [0.29, 0.717) is 6.61 Å². The van der Waals surface area contributed by atoms with Gasteiger partial charge < -0.3 is 10.5 Å². The minimum atomic E-state index is 0.0984. The lowest BCUT2D eigenvalue weighted by atomic mass is 9.97. The molecule has 76 valence electrons. The predicted molar refractivity (Wildman–Crippen MR) is 57.9 cm³/mol. The second-order valence-electron chi connectivity index (χ2n) is 3.54. The smallest absolute Gasteiger partial charge is 0.128 e. The molecule has 0 saturated heterocycles. The van der Waals surface area contributed by atoms with Gasteiger partial charge in [0.05, 0.1) is 6.61 Å². The molecule has 0 fully saturated rings. The third-order valence-electron chi connectivity index (χ3n) is 2.66. The average molecular weight is 212 g/mol. The average Bonchev–Trinajstić information content (AvgIpc) is 2.18. The fourth-order valence-electron chi connectivity index (χ4n) is 1.86. The van der Waals surface area contributed by atoms with Crippen LogP contribution in [0.5, 0.6) is 5.75 Å². The Morgan fingerprint density at radius 3 is 3.07 bits per heavy atom. The van der Waals surface area contributed by atoms with Crippen molar-refractivity contribution < 1.29 is 4.74 Å². The molecule has 1 aliphatic rings. The van der Waals surface area contributed by atoms with Crippen LogP contribution in [0.1, 0.15) is 30.5 Å². The molecule has 2 rings (SSSR count). The van der Waals surface area contributed by atoms with Gasteiger partial charge in [0.1, 0.15) is 5.75 Å². The summed E-state index contributed by atoms with van der Waals surface area (Å²) in [4.78, 5) is 0. The molecular formula is C11H14ClNO. The quantitative estimate of drug-likeness (QED) is 0.775. The largest absolute Gasteiger partial charge is 0.493 e. The summed E-state index contributed by atoms with van der Waals surface area (Å²) in [5.41, 5.74) is 8.17. The second kappa shape index (κ2) is 3.79. The minimum absolute atomic E-state index is 0.0984. The summed E-state index contributed by atoms with van der Waals surface area (Å²) in [5.74, 6) is 0.916. The van der Waals surface area contributed by atoms with Gasteiger partial charge in [-0.1, -0.05) is 24.6 Å². The molecule has 1 aromatic rings. The van der Waals surface area contributed by atoms with E-state index in [-0.39, 0.29) is 6.04 Å². The van der Waals surface area contributed by atoms with Gasteiger partial charge in [0, 0.05) is 28.6 Å². The van der Waals surface area contributed by atoms with Crippen LogP contribution in [-0.4, -0.2) is 6.61 Å². The number of halogens is 1. The highest BCUT2D eigenvalue weighted by Crippen LogP contribution is 2.37. The maximum absolute atomic E-state index is 6.09. The summed E-state index contributed by atoms with van der Waals surface area (Å²) >= 11 is 6.09. The third kappa shape index (κ3) is 1.49. The van der Waals surface area contributed by atoms with E-state index in [1.807, 2.05) is 12.1 Å². The molecule has 0 unspecified atom stereocenters. The minimum Gasteiger partial charge on any atom is -0.493 e. The van der Waals surface area contributed by atoms with Crippen LogP contribution in [0, 0.1) is 0 Å². The molecule has 2 nitrogen and oxygen atoms in total. The molecule has 1 aromatic carbocycles. The number of benzene rings is 1. The van der Waals surface area contributed by atoms with Crippen molar-refractivity contribution in [2.45, 2.75) is 25.8 Å². The molecule has 0 aliphatic carbocycles. The van der Waals surface area contributed by atoms with E-state index >= 15 is 0 Å². The summed E-state index contributed by atoms with van der Waals surface area (Å²) in [6.45, 7) is 2.77. The number of ether oxygens (including phenoxy) is 1. The van der Waals surface area contributed by atoms with Crippen LogP contribution in [0.2, 0.25) is 5.02 Å². The van der Waals surface area contributed by atoms with Crippen molar-refractivity contribution in [3.05, 3.63) is 28.3 Å². The first-order valence-corrected chi connectivity index (χ1v) is 5.31. The Morgan fingerprint density at radius 2 is 2.36 bits per heavy atom. The van der Waals surface area contributed by atoms with Crippen molar-refractivity contribution in [3.63, 3.8) is 0 Å². The Morgan fingerprint density at radius 1 is 1.57 bits per heavy atom. The van der Waals surface area contributed by atoms with Crippen molar-refractivity contribution >= 4 is 11.6 Å². The summed E-state index contributed by atoms with van der Waals surface area (Å²) < 4.78 is 5.63. The predicted octanol–water partition coefficient (Wildman–Crippen LogP) is 2.68. The Labute approximate surface area is 89.0 Å². The Bertz CT molecular complexity index is 351. The first-order chi connectivity index (χ1) is 6.74. The van der Waals surface area contributed by atoms with Crippen LogP contribution in [0.3, 0.4) is 0 Å². The fourth-order valence-corrected chi connectivity index (χ4v) is 2.14. The van der Waals surface area contributed by atoms with Gasteiger partial charge in [-0.25, -0.2) is 0 Å². The molecule has 0 bridgehead atoms. The zero-order valence-electron chi connectivity index (χ0n) is 8.22. The monoisotopic (exact) mass is 211 g/mol. The molecule has 3 heteroatoms. The van der Waals surface area contributed by atoms with Crippen molar-refractivity contribution in [3.8, 4) is 5.75 Å². The van der Waals surface area contributed by atoms with Crippen molar-refractivity contribution in [2.75, 3.05) is 6.61 Å². The van der Waals surface area contributed by atoms with E-state index in [0.717, 1.165) is 34.7 Å². The number of nitrogens with two attached hydrogens (primary N) is 1. The zero-order valence-corrected chi connectivity index (χ0v) is 8.97. The lowest BCUT2D eigenvalue weighted by molar-refractivity contribution is 0.266. The third-order valence-corrected chi connectivity index (χ3v) is 3.02. The van der Waals surface area contributed by atoms with Crippen molar-refractivity contribution in [1.82, 2.24) is 0 Å². The molecule has 0 spiro atoms. The first-order valence-electron chi connectivity index (χ1n) is 4.93. The Kier molecular flexibility index (Phi) is 2.66. The second-order valence-corrected chi connectivity index (χ2v) is 3.95. The van der Waals surface area contributed by atoms with Crippen LogP contribution in [0.4, 0.5) is 0 Å². The van der Waals surface area contributed by atoms with Gasteiger partial charge >= 0.3 is 0 Å². The van der Waals surface area contributed by atoms with E-state index < -0.39 is 0 Å². The number of fused-ring (bicyclic) bond motifs is 1. The normalized spacial score (nSPS) is 20.1. The van der Waals surface area contributed by atoms with Crippen molar-refractivity contribution in [1.29, 1.82) is 0 Å². The van der Waals surface area contributed by atoms with Crippen LogP contribution in [0.25, 0.3) is 0 Å². The lowest BCUT2D eigenvalue weighted by Gasteiger charge is -2.25. The molecule has 14 heavy (non-hydrogen) atoms. The van der Waals surface area contributed by atoms with E-state index in [9.17, 15) is 0 Å². The van der Waals surface area contributed by atoms with E-state index in [2.05, 4.69) is 6.92 Å². The van der Waals surface area contributed by atoms with Gasteiger partial charge in [0.15, 0.2) is 0 Å². The van der Waals surface area contributed by atoms with Crippen LogP contribution in [-0.2, 0) is 6.42 Å². The summed E-state index contributed by atoms with van der Waals surface area (Å²) in [6.07, 6.45) is 1.77. The summed E-state index contributed by atoms with van der Waals surface area (Å²) in [5, 5.41) is 0.778. The van der Waals surface area contributed by atoms with Gasteiger partial charge in [-0.15, -0.1) is 0 Å². The maximum Gasteiger partial charge on any atom is 0.128 e. The maximum atomic E-state index is 6.09. The molecule has 1 atom stereocenters.